The van der Waals surface area contributed by atoms with Crippen LogP contribution in [0.2, 0.25) is 0 Å². The van der Waals surface area contributed by atoms with Gasteiger partial charge in [0, 0.05) is 0 Å². The zero-order valence-electron chi connectivity index (χ0n) is 6.56. The van der Waals surface area contributed by atoms with E-state index >= 15 is 0 Å². The summed E-state index contributed by atoms with van der Waals surface area (Å²) in [6, 6.07) is 1.83. The molecular weight excluding hydrogens is 172 g/mol. The minimum Gasteiger partial charge on any atom is -0.382 e. The number of aromatic nitrogens is 2. The van der Waals surface area contributed by atoms with E-state index in [2.05, 4.69) is 15.1 Å². The Morgan fingerprint density at radius 1 is 1.38 bits per heavy atom. The standard InChI is InChI=1S/C6H6N6O/c7-2-1-3-10-5(8)4(12-13)6(9)11-3/h1H2,(H4,8,9,10,11). The highest BCUT2D eigenvalue weighted by molar-refractivity contribution is 5.69. The molecule has 0 amide bonds. The van der Waals surface area contributed by atoms with Gasteiger partial charge in [-0.3, -0.25) is 0 Å². The Bertz CT molecular complexity index is 358. The number of nitroso groups, excluding NO2 is 1. The van der Waals surface area contributed by atoms with Crippen molar-refractivity contribution in [1.29, 1.82) is 5.26 Å². The van der Waals surface area contributed by atoms with Crippen molar-refractivity contribution in [3.05, 3.63) is 10.7 Å². The lowest BCUT2D eigenvalue weighted by Crippen LogP contribution is -2.03. The Balaban J connectivity index is 3.21. The second-order valence-electron chi connectivity index (χ2n) is 2.19. The molecule has 0 bridgehead atoms. The average molecular weight is 178 g/mol. The molecule has 66 valence electrons. The molecule has 0 unspecified atom stereocenters. The van der Waals surface area contributed by atoms with Crippen LogP contribution in [-0.2, 0) is 6.42 Å². The molecule has 0 aliphatic rings. The van der Waals surface area contributed by atoms with Gasteiger partial charge in [-0.05, 0) is 5.18 Å². The lowest BCUT2D eigenvalue weighted by molar-refractivity contribution is 1.01. The van der Waals surface area contributed by atoms with Crippen LogP contribution in [0.3, 0.4) is 0 Å². The lowest BCUT2D eigenvalue weighted by atomic mass is 10.4. The first-order chi connectivity index (χ1) is 6.19. The summed E-state index contributed by atoms with van der Waals surface area (Å²) in [6.07, 6.45) is -0.00641. The molecular formula is C6H6N6O. The van der Waals surface area contributed by atoms with Crippen molar-refractivity contribution in [3.63, 3.8) is 0 Å². The van der Waals surface area contributed by atoms with E-state index in [9.17, 15) is 4.91 Å². The van der Waals surface area contributed by atoms with Gasteiger partial charge in [0.15, 0.2) is 17.3 Å². The van der Waals surface area contributed by atoms with E-state index in [0.29, 0.717) is 0 Å². The molecule has 0 saturated heterocycles. The minimum absolute atomic E-state index is 0.00641. The maximum atomic E-state index is 10.2. The number of nitrogen functional groups attached to an aromatic ring is 2. The minimum atomic E-state index is -0.179. The first-order valence-electron chi connectivity index (χ1n) is 3.31. The van der Waals surface area contributed by atoms with Gasteiger partial charge in [0.1, 0.15) is 5.82 Å². The van der Waals surface area contributed by atoms with Gasteiger partial charge in [-0.2, -0.15) is 5.26 Å². The molecule has 0 aliphatic carbocycles. The van der Waals surface area contributed by atoms with Gasteiger partial charge in [0.2, 0.25) is 0 Å². The number of hydrogen-bond acceptors (Lipinski definition) is 7. The van der Waals surface area contributed by atoms with E-state index in [1.54, 1.807) is 0 Å². The molecule has 13 heavy (non-hydrogen) atoms. The van der Waals surface area contributed by atoms with Crippen molar-refractivity contribution < 1.29 is 0 Å². The molecule has 1 aromatic rings. The summed E-state index contributed by atoms with van der Waals surface area (Å²) in [4.78, 5) is 17.5. The molecule has 1 heterocycles. The second-order valence-corrected chi connectivity index (χ2v) is 2.19. The fourth-order valence-corrected chi connectivity index (χ4v) is 0.783. The molecule has 1 aromatic heterocycles. The average Bonchev–Trinajstić information content (AvgIpc) is 2.04. The Kier molecular flexibility index (Phi) is 2.35. The normalized spacial score (nSPS) is 9.15. The van der Waals surface area contributed by atoms with E-state index in [1.165, 1.54) is 0 Å². The summed E-state index contributed by atoms with van der Waals surface area (Å²) >= 11 is 0. The van der Waals surface area contributed by atoms with E-state index in [1.807, 2.05) is 6.07 Å². The fourth-order valence-electron chi connectivity index (χ4n) is 0.783. The lowest BCUT2D eigenvalue weighted by Gasteiger charge is -2.01. The molecule has 0 saturated carbocycles. The zero-order valence-corrected chi connectivity index (χ0v) is 6.56. The van der Waals surface area contributed by atoms with Crippen molar-refractivity contribution in [3.8, 4) is 6.07 Å². The summed E-state index contributed by atoms with van der Waals surface area (Å²) in [6.45, 7) is 0. The maximum Gasteiger partial charge on any atom is 0.192 e. The SMILES string of the molecule is N#CCc1nc(N)c(N=O)c(N)n1. The Morgan fingerprint density at radius 3 is 2.31 bits per heavy atom. The van der Waals surface area contributed by atoms with Crippen molar-refractivity contribution in [2.75, 3.05) is 11.5 Å². The van der Waals surface area contributed by atoms with Gasteiger partial charge in [-0.1, -0.05) is 0 Å². The van der Waals surface area contributed by atoms with Crippen LogP contribution >= 0.6 is 0 Å². The third-order valence-corrected chi connectivity index (χ3v) is 1.31. The maximum absolute atomic E-state index is 10.2. The van der Waals surface area contributed by atoms with Gasteiger partial charge in [0.25, 0.3) is 0 Å². The molecule has 0 aromatic carbocycles. The van der Waals surface area contributed by atoms with Gasteiger partial charge in [-0.15, -0.1) is 4.91 Å². The molecule has 0 radical (unpaired) electrons. The zero-order chi connectivity index (χ0) is 9.84. The summed E-state index contributed by atoms with van der Waals surface area (Å²) in [5, 5.41) is 10.9. The number of nitriles is 1. The van der Waals surface area contributed by atoms with E-state index in [4.69, 9.17) is 16.7 Å². The quantitative estimate of drug-likeness (QED) is 0.617. The predicted molar refractivity (Wildman–Crippen MR) is 45.6 cm³/mol. The molecule has 0 spiro atoms. The van der Waals surface area contributed by atoms with E-state index < -0.39 is 0 Å². The van der Waals surface area contributed by atoms with Crippen LogP contribution in [0.15, 0.2) is 5.18 Å². The summed E-state index contributed by atoms with van der Waals surface area (Å²) in [5.41, 5.74) is 10.5. The first kappa shape index (κ1) is 8.86. The summed E-state index contributed by atoms with van der Waals surface area (Å²) < 4.78 is 0. The summed E-state index contributed by atoms with van der Waals surface area (Å²) in [5.74, 6) is -0.0228. The van der Waals surface area contributed by atoms with Crippen LogP contribution in [0.1, 0.15) is 5.82 Å². The topological polar surface area (TPSA) is 131 Å². The van der Waals surface area contributed by atoms with E-state index in [0.717, 1.165) is 0 Å². The largest absolute Gasteiger partial charge is 0.382 e. The van der Waals surface area contributed by atoms with Crippen molar-refractivity contribution >= 4 is 17.3 Å². The number of nitrogens with zero attached hydrogens (tertiary/aromatic N) is 4. The molecule has 4 N–H and O–H groups in total. The van der Waals surface area contributed by atoms with Gasteiger partial charge in [0.05, 0.1) is 12.5 Å². The highest BCUT2D eigenvalue weighted by Crippen LogP contribution is 2.25. The van der Waals surface area contributed by atoms with Crippen LogP contribution in [0.5, 0.6) is 0 Å². The number of anilines is 2. The third-order valence-electron chi connectivity index (χ3n) is 1.31. The molecule has 7 nitrogen and oxygen atoms in total. The van der Waals surface area contributed by atoms with E-state index in [-0.39, 0.29) is 29.6 Å². The molecule has 0 aliphatic heterocycles. The fraction of sp³-hybridized carbons (Fsp3) is 0.167. The Hall–Kier alpha value is -2.23. The molecule has 0 atom stereocenters. The van der Waals surface area contributed by atoms with Crippen molar-refractivity contribution in [1.82, 2.24) is 9.97 Å². The second kappa shape index (κ2) is 3.44. The van der Waals surface area contributed by atoms with Crippen LogP contribution in [-0.4, -0.2) is 9.97 Å². The van der Waals surface area contributed by atoms with Crippen LogP contribution < -0.4 is 11.5 Å². The van der Waals surface area contributed by atoms with Gasteiger partial charge in [-0.25, -0.2) is 9.97 Å². The molecule has 0 fully saturated rings. The van der Waals surface area contributed by atoms with Crippen LogP contribution in [0.4, 0.5) is 17.3 Å². The smallest absolute Gasteiger partial charge is 0.192 e. The molecule has 1 rings (SSSR count). The number of rotatable bonds is 2. The third kappa shape index (κ3) is 1.67. The highest BCUT2D eigenvalue weighted by Gasteiger charge is 2.09. The summed E-state index contributed by atoms with van der Waals surface area (Å²) in [7, 11) is 0. The van der Waals surface area contributed by atoms with Crippen LogP contribution in [0.25, 0.3) is 0 Å². The molecule has 7 heteroatoms. The monoisotopic (exact) mass is 178 g/mol. The number of nitrogens with two attached hydrogens (primary N) is 2. The van der Waals surface area contributed by atoms with Gasteiger partial charge >= 0.3 is 0 Å². The van der Waals surface area contributed by atoms with Gasteiger partial charge < -0.3 is 11.5 Å². The predicted octanol–water partition coefficient (Wildman–Crippen LogP) is 0.105. The highest BCUT2D eigenvalue weighted by atomic mass is 16.3. The van der Waals surface area contributed by atoms with Crippen molar-refractivity contribution in [2.24, 2.45) is 5.18 Å². The number of hydrogen-bond donors (Lipinski definition) is 2. The van der Waals surface area contributed by atoms with Crippen molar-refractivity contribution in [2.45, 2.75) is 6.42 Å². The Labute approximate surface area is 73.4 Å². The van der Waals surface area contributed by atoms with Crippen LogP contribution in [0, 0.1) is 16.2 Å². The first-order valence-corrected chi connectivity index (χ1v) is 3.31. The Morgan fingerprint density at radius 2 is 1.92 bits per heavy atom.